The maximum Gasteiger partial charge on any atom is 0.234 e. The molecule has 2 aliphatic heterocycles. The second-order valence-corrected chi connectivity index (χ2v) is 8.22. The van der Waals surface area contributed by atoms with E-state index in [4.69, 9.17) is 4.74 Å². The lowest BCUT2D eigenvalue weighted by molar-refractivity contribution is -0.124. The molecular formula is C22H31N5O3. The van der Waals surface area contributed by atoms with Crippen molar-refractivity contribution in [1.82, 2.24) is 25.1 Å². The molecule has 0 bridgehead atoms. The number of β-amino-alcohol motifs (C(OH)–C–C–N with tert-alkyl or cyclic N) is 1. The number of piperazine rings is 1. The van der Waals surface area contributed by atoms with E-state index in [1.54, 1.807) is 6.20 Å². The molecule has 2 saturated heterocycles. The van der Waals surface area contributed by atoms with Crippen LogP contribution in [-0.2, 0) is 11.3 Å². The number of H-pyrrole nitrogens is 1. The number of aromatic amines is 1. The van der Waals surface area contributed by atoms with Crippen molar-refractivity contribution >= 4 is 5.91 Å². The van der Waals surface area contributed by atoms with Crippen LogP contribution >= 0.6 is 0 Å². The minimum Gasteiger partial charge on any atom is -0.491 e. The number of aliphatic hydroxyl groups is 1. The van der Waals surface area contributed by atoms with Gasteiger partial charge in [-0.15, -0.1) is 0 Å². The average Bonchev–Trinajstić information content (AvgIpc) is 3.28. The van der Waals surface area contributed by atoms with Crippen LogP contribution in [0.2, 0.25) is 0 Å². The Bertz CT molecular complexity index is 805. The number of nitrogens with zero attached hydrogens (tertiary/aromatic N) is 3. The van der Waals surface area contributed by atoms with Crippen LogP contribution in [0.5, 0.6) is 5.75 Å². The van der Waals surface area contributed by atoms with E-state index >= 15 is 0 Å². The van der Waals surface area contributed by atoms with Gasteiger partial charge in [-0.25, -0.2) is 4.98 Å². The number of ether oxygens (including phenoxy) is 1. The number of benzene rings is 1. The molecule has 0 aliphatic carbocycles. The summed E-state index contributed by atoms with van der Waals surface area (Å²) < 4.78 is 5.85. The van der Waals surface area contributed by atoms with Gasteiger partial charge in [0, 0.05) is 44.5 Å². The summed E-state index contributed by atoms with van der Waals surface area (Å²) in [6.07, 6.45) is 5.26. The van der Waals surface area contributed by atoms with Crippen molar-refractivity contribution in [2.75, 3.05) is 45.9 Å². The van der Waals surface area contributed by atoms with Gasteiger partial charge in [-0.05, 0) is 43.6 Å². The number of amides is 1. The summed E-state index contributed by atoms with van der Waals surface area (Å²) in [7, 11) is 0. The lowest BCUT2D eigenvalue weighted by Crippen LogP contribution is -2.47. The molecule has 0 spiro atoms. The topological polar surface area (TPSA) is 93.7 Å². The van der Waals surface area contributed by atoms with Crippen LogP contribution < -0.4 is 10.1 Å². The number of aromatic nitrogens is 2. The molecule has 30 heavy (non-hydrogen) atoms. The highest BCUT2D eigenvalue weighted by atomic mass is 16.5. The van der Waals surface area contributed by atoms with Gasteiger partial charge >= 0.3 is 0 Å². The third-order valence-electron chi connectivity index (χ3n) is 5.83. The molecule has 1 unspecified atom stereocenters. The number of likely N-dealkylation sites (tertiary alicyclic amines) is 1. The van der Waals surface area contributed by atoms with E-state index in [9.17, 15) is 9.90 Å². The molecule has 0 radical (unpaired) electrons. The first kappa shape index (κ1) is 20.8. The molecule has 8 heteroatoms. The normalized spacial score (nSPS) is 20.1. The third kappa shape index (κ3) is 5.81. The molecule has 2 fully saturated rings. The predicted octanol–water partition coefficient (Wildman–Crippen LogP) is 0.961. The van der Waals surface area contributed by atoms with Crippen molar-refractivity contribution in [1.29, 1.82) is 0 Å². The highest BCUT2D eigenvalue weighted by molar-refractivity contribution is 5.78. The van der Waals surface area contributed by atoms with Crippen LogP contribution in [-0.4, -0.2) is 82.8 Å². The Kier molecular flexibility index (Phi) is 6.99. The molecule has 1 aromatic carbocycles. The van der Waals surface area contributed by atoms with E-state index in [0.29, 0.717) is 25.6 Å². The van der Waals surface area contributed by atoms with Crippen LogP contribution in [0.4, 0.5) is 0 Å². The van der Waals surface area contributed by atoms with E-state index in [1.165, 1.54) is 0 Å². The van der Waals surface area contributed by atoms with E-state index in [0.717, 1.165) is 56.2 Å². The zero-order chi connectivity index (χ0) is 20.8. The molecule has 1 aromatic heterocycles. The summed E-state index contributed by atoms with van der Waals surface area (Å²) >= 11 is 0. The first-order chi connectivity index (χ1) is 14.7. The summed E-state index contributed by atoms with van der Waals surface area (Å²) in [5.74, 6) is 2.39. The molecule has 162 valence electrons. The quantitative estimate of drug-likeness (QED) is 0.597. The second kappa shape index (κ2) is 10.1. The molecule has 0 saturated carbocycles. The first-order valence-corrected chi connectivity index (χ1v) is 10.8. The van der Waals surface area contributed by atoms with Crippen molar-refractivity contribution < 1.29 is 14.6 Å². The van der Waals surface area contributed by atoms with Gasteiger partial charge in [0.15, 0.2) is 0 Å². The Hall–Kier alpha value is -2.42. The van der Waals surface area contributed by atoms with Crippen molar-refractivity contribution in [3.05, 3.63) is 48.0 Å². The molecule has 3 heterocycles. The van der Waals surface area contributed by atoms with Crippen molar-refractivity contribution in [2.45, 2.75) is 31.4 Å². The maximum atomic E-state index is 11.5. The fourth-order valence-electron chi connectivity index (χ4n) is 4.25. The van der Waals surface area contributed by atoms with Crippen LogP contribution in [0.3, 0.4) is 0 Å². The number of hydrogen-bond acceptors (Lipinski definition) is 6. The number of aliphatic hydroxyl groups excluding tert-OH is 1. The van der Waals surface area contributed by atoms with Gasteiger partial charge < -0.3 is 25.0 Å². The average molecular weight is 414 g/mol. The summed E-state index contributed by atoms with van der Waals surface area (Å²) in [6, 6.07) is 7.90. The summed E-state index contributed by atoms with van der Waals surface area (Å²) in [6.45, 7) is 5.51. The smallest absolute Gasteiger partial charge is 0.234 e. The first-order valence-electron chi connectivity index (χ1n) is 10.8. The molecule has 2 aromatic rings. The molecule has 4 rings (SSSR count). The Morgan fingerprint density at radius 2 is 2.10 bits per heavy atom. The van der Waals surface area contributed by atoms with Gasteiger partial charge in [-0.3, -0.25) is 9.69 Å². The van der Waals surface area contributed by atoms with Crippen LogP contribution in [0, 0.1) is 0 Å². The van der Waals surface area contributed by atoms with E-state index in [2.05, 4.69) is 25.1 Å². The predicted molar refractivity (Wildman–Crippen MR) is 113 cm³/mol. The zero-order valence-corrected chi connectivity index (χ0v) is 17.3. The van der Waals surface area contributed by atoms with E-state index < -0.39 is 6.10 Å². The van der Waals surface area contributed by atoms with Crippen molar-refractivity contribution in [2.24, 2.45) is 0 Å². The molecule has 1 atom stereocenters. The summed E-state index contributed by atoms with van der Waals surface area (Å²) in [5.41, 5.74) is 1.11. The Morgan fingerprint density at radius 3 is 2.87 bits per heavy atom. The number of carbonyl (C=O) groups is 1. The number of piperidine rings is 1. The second-order valence-electron chi connectivity index (χ2n) is 8.22. The van der Waals surface area contributed by atoms with Crippen molar-refractivity contribution in [3.63, 3.8) is 0 Å². The summed E-state index contributed by atoms with van der Waals surface area (Å²) in [5, 5.41) is 13.3. The standard InChI is InChI=1S/C22H31N5O3/c28-19(14-26-9-4-18(5-10-26)22-24-6-7-25-22)16-30-20-3-1-2-17(12-20)13-27-11-8-23-21(29)15-27/h1-3,6-7,12,18-19,28H,4-5,8-11,13-16H2,(H,23,29)(H,24,25). The number of imidazole rings is 1. The number of rotatable bonds is 8. The highest BCUT2D eigenvalue weighted by Crippen LogP contribution is 2.25. The zero-order valence-electron chi connectivity index (χ0n) is 17.3. The fraction of sp³-hybridized carbons (Fsp3) is 0.545. The van der Waals surface area contributed by atoms with Crippen LogP contribution in [0.25, 0.3) is 0 Å². The number of nitrogens with one attached hydrogen (secondary N) is 2. The minimum atomic E-state index is -0.528. The monoisotopic (exact) mass is 413 g/mol. The lowest BCUT2D eigenvalue weighted by atomic mass is 9.96. The fourth-order valence-corrected chi connectivity index (χ4v) is 4.25. The van der Waals surface area contributed by atoms with Crippen LogP contribution in [0.15, 0.2) is 36.7 Å². The molecule has 3 N–H and O–H groups in total. The van der Waals surface area contributed by atoms with Crippen LogP contribution in [0.1, 0.15) is 30.1 Å². The third-order valence-corrected chi connectivity index (χ3v) is 5.83. The summed E-state index contributed by atoms with van der Waals surface area (Å²) in [4.78, 5) is 23.5. The van der Waals surface area contributed by atoms with Gasteiger partial charge in [-0.2, -0.15) is 0 Å². The Morgan fingerprint density at radius 1 is 1.23 bits per heavy atom. The Balaban J connectivity index is 1.19. The molecule has 1 amide bonds. The molecule has 2 aliphatic rings. The SMILES string of the molecule is O=C1CN(Cc2cccc(OCC(O)CN3CCC(c4ncc[nH]4)CC3)c2)CCN1. The van der Waals surface area contributed by atoms with Gasteiger partial charge in [0.05, 0.1) is 6.54 Å². The van der Waals surface area contributed by atoms with E-state index in [-0.39, 0.29) is 12.5 Å². The maximum absolute atomic E-state index is 11.5. The van der Waals surface area contributed by atoms with Gasteiger partial charge in [0.25, 0.3) is 0 Å². The van der Waals surface area contributed by atoms with Gasteiger partial charge in [0.2, 0.25) is 5.91 Å². The Labute approximate surface area is 177 Å². The highest BCUT2D eigenvalue weighted by Gasteiger charge is 2.23. The minimum absolute atomic E-state index is 0.0740. The molecule has 8 nitrogen and oxygen atoms in total. The van der Waals surface area contributed by atoms with E-state index in [1.807, 2.05) is 30.5 Å². The lowest BCUT2D eigenvalue weighted by Gasteiger charge is -2.32. The molecular weight excluding hydrogens is 382 g/mol. The number of hydrogen-bond donors (Lipinski definition) is 3. The van der Waals surface area contributed by atoms with Gasteiger partial charge in [-0.1, -0.05) is 12.1 Å². The number of carbonyl (C=O) groups excluding carboxylic acids is 1. The largest absolute Gasteiger partial charge is 0.491 e. The van der Waals surface area contributed by atoms with Crippen molar-refractivity contribution in [3.8, 4) is 5.75 Å². The van der Waals surface area contributed by atoms with Gasteiger partial charge in [0.1, 0.15) is 24.3 Å².